The Labute approximate surface area is 137 Å². The fourth-order valence-electron chi connectivity index (χ4n) is 2.30. The first-order valence-electron chi connectivity index (χ1n) is 6.79. The van der Waals surface area contributed by atoms with Gasteiger partial charge in [-0.25, -0.2) is 4.98 Å². The lowest BCUT2D eigenvalue weighted by Crippen LogP contribution is -2.42. The molecule has 0 aliphatic heterocycles. The first-order chi connectivity index (χ1) is 9.31. The predicted octanol–water partition coefficient (Wildman–Crippen LogP) is 2.32. The number of aliphatic imine (C=N–C) groups is 1. The van der Waals surface area contributed by atoms with Crippen LogP contribution >= 0.6 is 24.0 Å². The highest BCUT2D eigenvalue weighted by Gasteiger charge is 2.15. The predicted molar refractivity (Wildman–Crippen MR) is 91.8 cm³/mol. The molecule has 0 aromatic carbocycles. The Kier molecular flexibility index (Phi) is 7.64. The van der Waals surface area contributed by atoms with E-state index in [9.17, 15) is 0 Å². The zero-order valence-electron chi connectivity index (χ0n) is 12.1. The van der Waals surface area contributed by atoms with Gasteiger partial charge in [0.05, 0.1) is 19.3 Å². The van der Waals surface area contributed by atoms with Gasteiger partial charge in [-0.15, -0.1) is 24.0 Å². The van der Waals surface area contributed by atoms with Crippen molar-refractivity contribution < 1.29 is 4.74 Å². The van der Waals surface area contributed by atoms with Gasteiger partial charge in [-0.2, -0.15) is 0 Å². The first-order valence-corrected chi connectivity index (χ1v) is 6.79. The molecule has 1 aromatic heterocycles. The number of guanidine groups is 1. The van der Waals surface area contributed by atoms with Crippen LogP contribution in [-0.2, 0) is 6.54 Å². The molecular weight excluding hydrogens is 367 g/mol. The van der Waals surface area contributed by atoms with Gasteiger partial charge in [0.2, 0.25) is 5.88 Å². The number of nitrogens with zero attached hydrogens (tertiary/aromatic N) is 2. The van der Waals surface area contributed by atoms with Crippen molar-refractivity contribution in [3.05, 3.63) is 23.9 Å². The smallest absolute Gasteiger partial charge is 0.213 e. The lowest BCUT2D eigenvalue weighted by Gasteiger charge is -2.16. The molecule has 1 aliphatic rings. The summed E-state index contributed by atoms with van der Waals surface area (Å²) < 4.78 is 5.11. The maximum Gasteiger partial charge on any atom is 0.213 e. The molecule has 0 amide bonds. The van der Waals surface area contributed by atoms with Crippen LogP contribution in [0.2, 0.25) is 0 Å². The van der Waals surface area contributed by atoms with E-state index in [2.05, 4.69) is 20.6 Å². The summed E-state index contributed by atoms with van der Waals surface area (Å²) in [5.74, 6) is 1.48. The second-order valence-corrected chi connectivity index (χ2v) is 4.72. The van der Waals surface area contributed by atoms with E-state index in [1.54, 1.807) is 14.2 Å². The third kappa shape index (κ3) is 5.15. The van der Waals surface area contributed by atoms with Crippen molar-refractivity contribution in [3.63, 3.8) is 0 Å². The number of nitrogens with one attached hydrogen (secondary N) is 2. The molecule has 1 heterocycles. The van der Waals surface area contributed by atoms with Crippen LogP contribution in [0, 0.1) is 0 Å². The fourth-order valence-corrected chi connectivity index (χ4v) is 2.30. The Balaban J connectivity index is 0.00000200. The van der Waals surface area contributed by atoms with Gasteiger partial charge in [-0.1, -0.05) is 18.9 Å². The average molecular weight is 390 g/mol. The van der Waals surface area contributed by atoms with E-state index in [1.807, 2.05) is 18.2 Å². The van der Waals surface area contributed by atoms with Gasteiger partial charge < -0.3 is 15.4 Å². The van der Waals surface area contributed by atoms with Gasteiger partial charge >= 0.3 is 0 Å². The van der Waals surface area contributed by atoms with Crippen molar-refractivity contribution in [1.29, 1.82) is 0 Å². The van der Waals surface area contributed by atoms with E-state index < -0.39 is 0 Å². The summed E-state index contributed by atoms with van der Waals surface area (Å²) in [7, 11) is 3.42. The molecule has 6 heteroatoms. The topological polar surface area (TPSA) is 58.5 Å². The molecule has 0 spiro atoms. The van der Waals surface area contributed by atoms with Crippen LogP contribution in [0.5, 0.6) is 5.88 Å². The van der Waals surface area contributed by atoms with Crippen LogP contribution in [0.1, 0.15) is 31.4 Å². The van der Waals surface area contributed by atoms with Crippen molar-refractivity contribution in [1.82, 2.24) is 15.6 Å². The van der Waals surface area contributed by atoms with Crippen LogP contribution < -0.4 is 15.4 Å². The first kappa shape index (κ1) is 17.0. The quantitative estimate of drug-likeness (QED) is 0.471. The third-order valence-electron chi connectivity index (χ3n) is 3.35. The van der Waals surface area contributed by atoms with Crippen LogP contribution in [0.15, 0.2) is 23.2 Å². The van der Waals surface area contributed by atoms with Crippen LogP contribution in [0.4, 0.5) is 0 Å². The van der Waals surface area contributed by atoms with Gasteiger partial charge in [0.15, 0.2) is 5.96 Å². The lowest BCUT2D eigenvalue weighted by atomic mass is 10.2. The minimum absolute atomic E-state index is 0. The third-order valence-corrected chi connectivity index (χ3v) is 3.35. The Morgan fingerprint density at radius 1 is 1.40 bits per heavy atom. The lowest BCUT2D eigenvalue weighted by molar-refractivity contribution is 0.396. The van der Waals surface area contributed by atoms with Gasteiger partial charge in [0.25, 0.3) is 0 Å². The number of hydrogen-bond acceptors (Lipinski definition) is 3. The van der Waals surface area contributed by atoms with Crippen LogP contribution in [0.3, 0.4) is 0 Å². The molecule has 0 radical (unpaired) electrons. The highest BCUT2D eigenvalue weighted by molar-refractivity contribution is 14.0. The summed E-state index contributed by atoms with van der Waals surface area (Å²) in [6, 6.07) is 6.31. The summed E-state index contributed by atoms with van der Waals surface area (Å²) >= 11 is 0. The van der Waals surface area contributed by atoms with Gasteiger partial charge in [0, 0.05) is 19.2 Å². The van der Waals surface area contributed by atoms with E-state index in [0.717, 1.165) is 11.7 Å². The Morgan fingerprint density at radius 3 is 2.80 bits per heavy atom. The van der Waals surface area contributed by atoms with E-state index in [1.165, 1.54) is 25.7 Å². The summed E-state index contributed by atoms with van der Waals surface area (Å²) in [5.41, 5.74) is 0.939. The number of ether oxygens (including phenoxy) is 1. The molecule has 1 saturated carbocycles. The summed E-state index contributed by atoms with van der Waals surface area (Å²) in [6.45, 7) is 0.642. The number of rotatable bonds is 4. The van der Waals surface area contributed by atoms with Crippen molar-refractivity contribution >= 4 is 29.9 Å². The molecule has 2 rings (SSSR count). The summed E-state index contributed by atoms with van der Waals surface area (Å²) in [4.78, 5) is 8.61. The van der Waals surface area contributed by atoms with Crippen molar-refractivity contribution in [3.8, 4) is 5.88 Å². The molecule has 1 fully saturated rings. The molecule has 0 saturated heterocycles. The standard InChI is InChI=1S/C14H22N4O.HI/c1-15-14(18-11-6-3-4-7-11)16-10-12-8-5-9-13(17-12)19-2;/h5,8-9,11H,3-4,6-7,10H2,1-2H3,(H2,15,16,18);1H. The molecule has 0 unspecified atom stereocenters. The summed E-state index contributed by atoms with van der Waals surface area (Å²) in [5, 5.41) is 6.73. The highest BCUT2D eigenvalue weighted by Crippen LogP contribution is 2.17. The Bertz CT molecular complexity index is 433. The average Bonchev–Trinajstić information content (AvgIpc) is 2.96. The number of pyridine rings is 1. The maximum atomic E-state index is 5.11. The van der Waals surface area contributed by atoms with Crippen molar-refractivity contribution in [2.75, 3.05) is 14.2 Å². The van der Waals surface area contributed by atoms with Crippen LogP contribution in [0.25, 0.3) is 0 Å². The largest absolute Gasteiger partial charge is 0.481 e. The Morgan fingerprint density at radius 2 is 2.15 bits per heavy atom. The second kappa shape index (κ2) is 8.99. The monoisotopic (exact) mass is 390 g/mol. The molecule has 20 heavy (non-hydrogen) atoms. The maximum absolute atomic E-state index is 5.11. The van der Waals surface area contributed by atoms with Gasteiger partial charge in [-0.3, -0.25) is 4.99 Å². The molecule has 2 N–H and O–H groups in total. The molecule has 1 aliphatic carbocycles. The van der Waals surface area contributed by atoms with Crippen LogP contribution in [-0.4, -0.2) is 31.1 Å². The number of methoxy groups -OCH3 is 1. The minimum atomic E-state index is 0. The minimum Gasteiger partial charge on any atom is -0.481 e. The molecule has 0 atom stereocenters. The van der Waals surface area contributed by atoms with E-state index in [4.69, 9.17) is 4.74 Å². The molecule has 112 valence electrons. The molecule has 1 aromatic rings. The van der Waals surface area contributed by atoms with Gasteiger partial charge in [-0.05, 0) is 18.9 Å². The van der Waals surface area contributed by atoms with Crippen molar-refractivity contribution in [2.24, 2.45) is 4.99 Å². The Hall–Kier alpha value is -1.05. The second-order valence-electron chi connectivity index (χ2n) is 4.72. The number of hydrogen-bond donors (Lipinski definition) is 2. The SMILES string of the molecule is CN=C(NCc1cccc(OC)n1)NC1CCCC1.I. The fraction of sp³-hybridized carbons (Fsp3) is 0.571. The van der Waals surface area contributed by atoms with E-state index >= 15 is 0 Å². The van der Waals surface area contributed by atoms with Gasteiger partial charge in [0.1, 0.15) is 0 Å². The zero-order chi connectivity index (χ0) is 13.5. The van der Waals surface area contributed by atoms with E-state index in [-0.39, 0.29) is 24.0 Å². The normalized spacial score (nSPS) is 15.6. The summed E-state index contributed by atoms with van der Waals surface area (Å²) in [6.07, 6.45) is 5.09. The number of aromatic nitrogens is 1. The van der Waals surface area contributed by atoms with Crippen molar-refractivity contribution in [2.45, 2.75) is 38.3 Å². The highest BCUT2D eigenvalue weighted by atomic mass is 127. The van der Waals surface area contributed by atoms with E-state index in [0.29, 0.717) is 18.5 Å². The molecular formula is C14H23IN4O. The molecule has 0 bridgehead atoms. The number of halogens is 1. The zero-order valence-corrected chi connectivity index (χ0v) is 14.4. The molecule has 5 nitrogen and oxygen atoms in total.